The molecule has 9 heteroatoms. The van der Waals surface area contributed by atoms with E-state index in [1.165, 1.54) is 10.7 Å². The van der Waals surface area contributed by atoms with Crippen molar-refractivity contribution in [3.8, 4) is 5.75 Å². The van der Waals surface area contributed by atoms with E-state index in [0.717, 1.165) is 23.6 Å². The van der Waals surface area contributed by atoms with Crippen molar-refractivity contribution in [1.29, 1.82) is 0 Å². The first-order valence-corrected chi connectivity index (χ1v) is 9.02. The first-order valence-electron chi connectivity index (χ1n) is 9.02. The SMILES string of the molecule is COc1cccc(N2CCOC2c2cn(Cc3cccc(C(F)(F)F)c3)nn2)c1. The van der Waals surface area contributed by atoms with Crippen LogP contribution in [0.5, 0.6) is 5.75 Å². The molecule has 2 heterocycles. The van der Waals surface area contributed by atoms with Crippen LogP contribution in [0.2, 0.25) is 0 Å². The average Bonchev–Trinajstić information content (AvgIpc) is 3.37. The van der Waals surface area contributed by atoms with Crippen molar-refractivity contribution in [1.82, 2.24) is 15.0 Å². The Hall–Kier alpha value is -3.07. The van der Waals surface area contributed by atoms with Crippen LogP contribution in [0, 0.1) is 0 Å². The van der Waals surface area contributed by atoms with Crippen molar-refractivity contribution in [3.05, 3.63) is 71.5 Å². The molecule has 152 valence electrons. The molecule has 2 aromatic carbocycles. The average molecular weight is 404 g/mol. The van der Waals surface area contributed by atoms with Crippen molar-refractivity contribution >= 4 is 5.69 Å². The zero-order valence-electron chi connectivity index (χ0n) is 15.6. The van der Waals surface area contributed by atoms with Crippen molar-refractivity contribution in [2.45, 2.75) is 18.9 Å². The minimum Gasteiger partial charge on any atom is -0.497 e. The van der Waals surface area contributed by atoms with Gasteiger partial charge in [-0.3, -0.25) is 0 Å². The van der Waals surface area contributed by atoms with Gasteiger partial charge in [0.2, 0.25) is 0 Å². The number of nitrogens with zero attached hydrogens (tertiary/aromatic N) is 4. The molecule has 0 spiro atoms. The molecular weight excluding hydrogens is 385 g/mol. The standard InChI is InChI=1S/C20H19F3N4O2/c1-28-17-7-3-6-16(11-17)27-8-9-29-19(27)18-13-26(25-24-18)12-14-4-2-5-15(10-14)20(21,22)23/h2-7,10-11,13,19H,8-9,12H2,1H3. The summed E-state index contributed by atoms with van der Waals surface area (Å²) in [4.78, 5) is 2.04. The predicted molar refractivity (Wildman–Crippen MR) is 99.6 cm³/mol. The number of benzene rings is 2. The topological polar surface area (TPSA) is 52.4 Å². The Labute approximate surface area is 165 Å². The Morgan fingerprint density at radius 3 is 2.79 bits per heavy atom. The van der Waals surface area contributed by atoms with Crippen molar-refractivity contribution in [3.63, 3.8) is 0 Å². The monoisotopic (exact) mass is 404 g/mol. The number of halogens is 3. The summed E-state index contributed by atoms with van der Waals surface area (Å²) in [5, 5.41) is 8.24. The van der Waals surface area contributed by atoms with Gasteiger partial charge in [0.05, 0.1) is 32.0 Å². The number of rotatable bonds is 5. The molecule has 6 nitrogen and oxygen atoms in total. The van der Waals surface area contributed by atoms with Gasteiger partial charge in [-0.25, -0.2) is 4.68 Å². The first kappa shape index (κ1) is 19.3. The Bertz CT molecular complexity index is 990. The highest BCUT2D eigenvalue weighted by atomic mass is 19.4. The largest absolute Gasteiger partial charge is 0.497 e. The van der Waals surface area contributed by atoms with Gasteiger partial charge in [-0.2, -0.15) is 13.2 Å². The fraction of sp³-hybridized carbons (Fsp3) is 0.300. The van der Waals surface area contributed by atoms with E-state index in [-0.39, 0.29) is 6.54 Å². The smallest absolute Gasteiger partial charge is 0.416 e. The molecule has 1 saturated heterocycles. The van der Waals surface area contributed by atoms with E-state index in [2.05, 4.69) is 10.3 Å². The Balaban J connectivity index is 1.52. The van der Waals surface area contributed by atoms with Crippen LogP contribution in [-0.2, 0) is 17.5 Å². The lowest BCUT2D eigenvalue weighted by Gasteiger charge is -2.23. The van der Waals surface area contributed by atoms with Crippen LogP contribution in [-0.4, -0.2) is 35.3 Å². The molecule has 4 rings (SSSR count). The molecule has 1 aromatic heterocycles. The van der Waals surface area contributed by atoms with Gasteiger partial charge in [0, 0.05) is 18.3 Å². The van der Waals surface area contributed by atoms with Gasteiger partial charge < -0.3 is 14.4 Å². The third kappa shape index (κ3) is 4.19. The van der Waals surface area contributed by atoms with Gasteiger partial charge in [0.1, 0.15) is 11.4 Å². The molecule has 0 N–H and O–H groups in total. The zero-order valence-corrected chi connectivity index (χ0v) is 15.6. The Morgan fingerprint density at radius 2 is 2.00 bits per heavy atom. The number of hydrogen-bond acceptors (Lipinski definition) is 5. The second kappa shape index (κ2) is 7.75. The summed E-state index contributed by atoms with van der Waals surface area (Å²) in [5.74, 6) is 0.737. The van der Waals surface area contributed by atoms with E-state index < -0.39 is 18.0 Å². The molecule has 0 aliphatic carbocycles. The van der Waals surface area contributed by atoms with Gasteiger partial charge in [-0.15, -0.1) is 5.10 Å². The first-order chi connectivity index (χ1) is 13.9. The van der Waals surface area contributed by atoms with E-state index >= 15 is 0 Å². The summed E-state index contributed by atoms with van der Waals surface area (Å²) in [5.41, 5.74) is 1.34. The normalized spacial score (nSPS) is 17.0. The zero-order chi connectivity index (χ0) is 20.4. The summed E-state index contributed by atoms with van der Waals surface area (Å²) in [6, 6.07) is 12.8. The summed E-state index contributed by atoms with van der Waals surface area (Å²) >= 11 is 0. The van der Waals surface area contributed by atoms with Crippen molar-refractivity contribution in [2.24, 2.45) is 0 Å². The van der Waals surface area contributed by atoms with Crippen LogP contribution in [0.25, 0.3) is 0 Å². The van der Waals surface area contributed by atoms with Crippen molar-refractivity contribution in [2.75, 3.05) is 25.2 Å². The molecule has 0 amide bonds. The highest BCUT2D eigenvalue weighted by Crippen LogP contribution is 2.33. The highest BCUT2D eigenvalue weighted by Gasteiger charge is 2.31. The van der Waals surface area contributed by atoms with Gasteiger partial charge in [0.25, 0.3) is 0 Å². The molecular formula is C20H19F3N4O2. The van der Waals surface area contributed by atoms with Crippen LogP contribution < -0.4 is 9.64 Å². The fourth-order valence-electron chi connectivity index (χ4n) is 3.31. The molecule has 1 fully saturated rings. The van der Waals surface area contributed by atoms with Gasteiger partial charge in [-0.05, 0) is 29.8 Å². The minimum atomic E-state index is -4.38. The van der Waals surface area contributed by atoms with Crippen molar-refractivity contribution < 1.29 is 22.6 Å². The quantitative estimate of drug-likeness (QED) is 0.646. The number of ether oxygens (including phenoxy) is 2. The summed E-state index contributed by atoms with van der Waals surface area (Å²) in [6.07, 6.45) is -3.10. The molecule has 0 saturated carbocycles. The highest BCUT2D eigenvalue weighted by molar-refractivity contribution is 5.52. The van der Waals surface area contributed by atoms with E-state index in [9.17, 15) is 13.2 Å². The van der Waals surface area contributed by atoms with Crippen LogP contribution in [0.4, 0.5) is 18.9 Å². The molecule has 0 radical (unpaired) electrons. The van der Waals surface area contributed by atoms with Gasteiger partial charge >= 0.3 is 6.18 Å². The van der Waals surface area contributed by atoms with E-state index in [4.69, 9.17) is 9.47 Å². The third-order valence-corrected chi connectivity index (χ3v) is 4.68. The molecule has 1 aliphatic rings. The number of hydrogen-bond donors (Lipinski definition) is 0. The predicted octanol–water partition coefficient (Wildman–Crippen LogP) is 3.89. The molecule has 1 aliphatic heterocycles. The fourth-order valence-corrected chi connectivity index (χ4v) is 3.31. The maximum atomic E-state index is 12.9. The lowest BCUT2D eigenvalue weighted by Crippen LogP contribution is -2.23. The molecule has 3 aromatic rings. The molecule has 1 atom stereocenters. The van der Waals surface area contributed by atoms with Crippen LogP contribution >= 0.6 is 0 Å². The summed E-state index contributed by atoms with van der Waals surface area (Å²) < 4.78 is 51.3. The lowest BCUT2D eigenvalue weighted by atomic mass is 10.1. The van der Waals surface area contributed by atoms with Crippen LogP contribution in [0.1, 0.15) is 23.0 Å². The number of alkyl halides is 3. The summed E-state index contributed by atoms with van der Waals surface area (Å²) in [7, 11) is 1.61. The second-order valence-corrected chi connectivity index (χ2v) is 6.66. The molecule has 0 bridgehead atoms. The number of aromatic nitrogens is 3. The lowest BCUT2D eigenvalue weighted by molar-refractivity contribution is -0.137. The Morgan fingerprint density at radius 1 is 1.17 bits per heavy atom. The molecule has 29 heavy (non-hydrogen) atoms. The number of methoxy groups -OCH3 is 1. The third-order valence-electron chi connectivity index (χ3n) is 4.68. The Kier molecular flexibility index (Phi) is 5.14. The van der Waals surface area contributed by atoms with Crippen LogP contribution in [0.15, 0.2) is 54.7 Å². The van der Waals surface area contributed by atoms with E-state index in [1.807, 2.05) is 29.2 Å². The van der Waals surface area contributed by atoms with E-state index in [0.29, 0.717) is 24.4 Å². The maximum Gasteiger partial charge on any atom is 0.416 e. The van der Waals surface area contributed by atoms with Gasteiger partial charge in [-0.1, -0.05) is 23.4 Å². The number of anilines is 1. The molecule has 1 unspecified atom stereocenters. The maximum absolute atomic E-state index is 12.9. The second-order valence-electron chi connectivity index (χ2n) is 6.66. The van der Waals surface area contributed by atoms with E-state index in [1.54, 1.807) is 19.4 Å². The summed E-state index contributed by atoms with van der Waals surface area (Å²) in [6.45, 7) is 1.39. The van der Waals surface area contributed by atoms with Crippen LogP contribution in [0.3, 0.4) is 0 Å². The van der Waals surface area contributed by atoms with Gasteiger partial charge in [0.15, 0.2) is 6.23 Å². The minimum absolute atomic E-state index is 0.183.